The van der Waals surface area contributed by atoms with E-state index in [2.05, 4.69) is 35.8 Å². The first-order valence-electron chi connectivity index (χ1n) is 5.31. The molecule has 1 fully saturated rings. The number of likely N-dealkylation sites (N-methyl/N-ethyl adjacent to an activating group) is 2. The molecule has 0 aromatic heterocycles. The molecule has 4 heteroatoms. The Hall–Kier alpha value is -0.160. The number of nitrogens with zero attached hydrogens (tertiary/aromatic N) is 3. The summed E-state index contributed by atoms with van der Waals surface area (Å²) in [6, 6.07) is 0.325. The van der Waals surface area contributed by atoms with Crippen molar-refractivity contribution in [2.75, 3.05) is 60.5 Å². The van der Waals surface area contributed by atoms with Crippen molar-refractivity contribution in [2.24, 2.45) is 0 Å². The van der Waals surface area contributed by atoms with Crippen LogP contribution < -0.4 is 0 Å². The van der Waals surface area contributed by atoms with Gasteiger partial charge < -0.3 is 10.0 Å². The van der Waals surface area contributed by atoms with Crippen molar-refractivity contribution in [1.82, 2.24) is 14.7 Å². The predicted octanol–water partition coefficient (Wildman–Crippen LogP) is -0.844. The van der Waals surface area contributed by atoms with Crippen LogP contribution in [0.1, 0.15) is 0 Å². The number of aliphatic hydroxyl groups is 1. The molecule has 1 unspecified atom stereocenters. The zero-order valence-corrected chi connectivity index (χ0v) is 9.61. The van der Waals surface area contributed by atoms with Crippen LogP contribution in [0.15, 0.2) is 0 Å². The molecule has 4 nitrogen and oxygen atoms in total. The molecule has 14 heavy (non-hydrogen) atoms. The number of hydrogen-bond acceptors (Lipinski definition) is 4. The minimum Gasteiger partial charge on any atom is -0.395 e. The first-order chi connectivity index (χ1) is 6.63. The van der Waals surface area contributed by atoms with E-state index in [0.29, 0.717) is 6.04 Å². The van der Waals surface area contributed by atoms with Gasteiger partial charge in [-0.25, -0.2) is 0 Å². The maximum Gasteiger partial charge on any atom is 0.0599 e. The van der Waals surface area contributed by atoms with Crippen LogP contribution in [-0.4, -0.2) is 86.3 Å². The second-order valence-electron chi connectivity index (χ2n) is 4.42. The summed E-state index contributed by atoms with van der Waals surface area (Å²) in [4.78, 5) is 6.87. The lowest BCUT2D eigenvalue weighted by Gasteiger charge is -2.38. The molecule has 1 atom stereocenters. The van der Waals surface area contributed by atoms with Crippen LogP contribution in [-0.2, 0) is 0 Å². The SMILES string of the molecule is CN(C)CCN1CCN(C)C(CO)C1. The van der Waals surface area contributed by atoms with Gasteiger partial charge in [0.05, 0.1) is 6.61 Å². The van der Waals surface area contributed by atoms with Gasteiger partial charge in [0.2, 0.25) is 0 Å². The van der Waals surface area contributed by atoms with Crippen LogP contribution in [0.25, 0.3) is 0 Å². The lowest BCUT2D eigenvalue weighted by atomic mass is 10.2. The molecule has 0 aliphatic carbocycles. The van der Waals surface area contributed by atoms with Crippen molar-refractivity contribution in [1.29, 1.82) is 0 Å². The monoisotopic (exact) mass is 201 g/mol. The van der Waals surface area contributed by atoms with Gasteiger partial charge in [-0.1, -0.05) is 0 Å². The number of rotatable bonds is 4. The van der Waals surface area contributed by atoms with Gasteiger partial charge in [-0.15, -0.1) is 0 Å². The Balaban J connectivity index is 2.27. The lowest BCUT2D eigenvalue weighted by Crippen LogP contribution is -2.53. The number of aliphatic hydroxyl groups excluding tert-OH is 1. The molecule has 0 saturated carbocycles. The van der Waals surface area contributed by atoms with E-state index >= 15 is 0 Å². The molecule has 0 spiro atoms. The molecule has 0 bridgehead atoms. The van der Waals surface area contributed by atoms with Gasteiger partial charge in [0, 0.05) is 38.8 Å². The Bertz CT molecular complexity index is 163. The normalized spacial score (nSPS) is 25.9. The van der Waals surface area contributed by atoms with E-state index in [1.807, 2.05) is 0 Å². The smallest absolute Gasteiger partial charge is 0.0599 e. The van der Waals surface area contributed by atoms with E-state index in [9.17, 15) is 5.11 Å². The molecular weight excluding hydrogens is 178 g/mol. The van der Waals surface area contributed by atoms with Crippen molar-refractivity contribution in [3.05, 3.63) is 0 Å². The zero-order valence-electron chi connectivity index (χ0n) is 9.61. The summed E-state index contributed by atoms with van der Waals surface area (Å²) >= 11 is 0. The maximum absolute atomic E-state index is 9.18. The van der Waals surface area contributed by atoms with Gasteiger partial charge in [-0.3, -0.25) is 9.80 Å². The highest BCUT2D eigenvalue weighted by Gasteiger charge is 2.22. The fraction of sp³-hybridized carbons (Fsp3) is 1.00. The van der Waals surface area contributed by atoms with E-state index in [1.165, 1.54) is 0 Å². The molecule has 0 aromatic rings. The Kier molecular flexibility index (Phi) is 4.81. The number of piperazine rings is 1. The van der Waals surface area contributed by atoms with Gasteiger partial charge in [-0.2, -0.15) is 0 Å². The molecule has 1 N–H and O–H groups in total. The van der Waals surface area contributed by atoms with Crippen LogP contribution >= 0.6 is 0 Å². The van der Waals surface area contributed by atoms with Crippen LogP contribution in [0.4, 0.5) is 0 Å². The summed E-state index contributed by atoms with van der Waals surface area (Å²) in [5.41, 5.74) is 0. The van der Waals surface area contributed by atoms with Crippen molar-refractivity contribution >= 4 is 0 Å². The van der Waals surface area contributed by atoms with Crippen LogP contribution in [0, 0.1) is 0 Å². The molecule has 1 rings (SSSR count). The quantitative estimate of drug-likeness (QED) is 0.642. The van der Waals surface area contributed by atoms with E-state index in [0.717, 1.165) is 32.7 Å². The molecular formula is C10H23N3O. The third-order valence-corrected chi connectivity index (χ3v) is 2.94. The average molecular weight is 201 g/mol. The van der Waals surface area contributed by atoms with Crippen molar-refractivity contribution in [2.45, 2.75) is 6.04 Å². The molecule has 1 aliphatic heterocycles. The van der Waals surface area contributed by atoms with Gasteiger partial charge >= 0.3 is 0 Å². The molecule has 1 saturated heterocycles. The lowest BCUT2D eigenvalue weighted by molar-refractivity contribution is 0.0548. The first kappa shape index (κ1) is 11.9. The summed E-state index contributed by atoms with van der Waals surface area (Å²) in [5, 5.41) is 9.18. The summed E-state index contributed by atoms with van der Waals surface area (Å²) in [6.45, 7) is 5.68. The third-order valence-electron chi connectivity index (χ3n) is 2.94. The molecule has 0 radical (unpaired) electrons. The fourth-order valence-corrected chi connectivity index (χ4v) is 1.75. The molecule has 0 amide bonds. The molecule has 0 aromatic carbocycles. The topological polar surface area (TPSA) is 30.0 Å². The number of hydrogen-bond donors (Lipinski definition) is 1. The third kappa shape index (κ3) is 3.53. The summed E-state index contributed by atoms with van der Waals surface area (Å²) < 4.78 is 0. The highest BCUT2D eigenvalue weighted by molar-refractivity contribution is 4.79. The Morgan fingerprint density at radius 1 is 1.36 bits per heavy atom. The summed E-state index contributed by atoms with van der Waals surface area (Å²) in [7, 11) is 6.28. The predicted molar refractivity (Wildman–Crippen MR) is 58.5 cm³/mol. The minimum atomic E-state index is 0.273. The van der Waals surface area contributed by atoms with E-state index < -0.39 is 0 Å². The molecule has 1 heterocycles. The van der Waals surface area contributed by atoms with E-state index in [-0.39, 0.29) is 6.61 Å². The second-order valence-corrected chi connectivity index (χ2v) is 4.42. The zero-order chi connectivity index (χ0) is 10.6. The Morgan fingerprint density at radius 3 is 2.64 bits per heavy atom. The maximum atomic E-state index is 9.18. The second kappa shape index (κ2) is 5.66. The van der Waals surface area contributed by atoms with Crippen LogP contribution in [0.5, 0.6) is 0 Å². The largest absolute Gasteiger partial charge is 0.395 e. The summed E-state index contributed by atoms with van der Waals surface area (Å²) in [5.74, 6) is 0. The van der Waals surface area contributed by atoms with E-state index in [4.69, 9.17) is 0 Å². The van der Waals surface area contributed by atoms with Crippen molar-refractivity contribution < 1.29 is 5.11 Å². The first-order valence-corrected chi connectivity index (χ1v) is 5.31. The van der Waals surface area contributed by atoms with Crippen LogP contribution in [0.2, 0.25) is 0 Å². The summed E-state index contributed by atoms with van der Waals surface area (Å²) in [6.07, 6.45) is 0. The molecule has 1 aliphatic rings. The minimum absolute atomic E-state index is 0.273. The average Bonchev–Trinajstić information content (AvgIpc) is 2.16. The standard InChI is InChI=1S/C10H23N3O/c1-11(2)4-6-13-7-5-12(3)10(8-13)9-14/h10,14H,4-9H2,1-3H3. The highest BCUT2D eigenvalue weighted by atomic mass is 16.3. The van der Waals surface area contributed by atoms with E-state index in [1.54, 1.807) is 0 Å². The van der Waals surface area contributed by atoms with Gasteiger partial charge in [0.15, 0.2) is 0 Å². The highest BCUT2D eigenvalue weighted by Crippen LogP contribution is 2.06. The van der Waals surface area contributed by atoms with Gasteiger partial charge in [0.1, 0.15) is 0 Å². The van der Waals surface area contributed by atoms with Gasteiger partial charge in [-0.05, 0) is 21.1 Å². The Labute approximate surface area is 87.1 Å². The molecule has 84 valence electrons. The van der Waals surface area contributed by atoms with Crippen LogP contribution in [0.3, 0.4) is 0 Å². The van der Waals surface area contributed by atoms with Gasteiger partial charge in [0.25, 0.3) is 0 Å². The van der Waals surface area contributed by atoms with Crippen molar-refractivity contribution in [3.63, 3.8) is 0 Å². The Morgan fingerprint density at radius 2 is 2.07 bits per heavy atom. The van der Waals surface area contributed by atoms with Crippen molar-refractivity contribution in [3.8, 4) is 0 Å². The fourth-order valence-electron chi connectivity index (χ4n) is 1.75.